The van der Waals surface area contributed by atoms with Crippen molar-refractivity contribution in [2.24, 2.45) is 0 Å². The Morgan fingerprint density at radius 3 is 2.33 bits per heavy atom. The summed E-state index contributed by atoms with van der Waals surface area (Å²) >= 11 is 0. The lowest BCUT2D eigenvalue weighted by Gasteiger charge is -2.07. The van der Waals surface area contributed by atoms with Crippen molar-refractivity contribution in [3.05, 3.63) is 41.7 Å². The molecule has 0 saturated heterocycles. The highest BCUT2D eigenvalue weighted by Gasteiger charge is 2.32. The molecule has 2 aromatic heterocycles. The number of pyridine rings is 2. The fourth-order valence-corrected chi connectivity index (χ4v) is 1.42. The summed E-state index contributed by atoms with van der Waals surface area (Å²) in [7, 11) is 0. The lowest BCUT2D eigenvalue weighted by atomic mass is 10.1. The highest BCUT2D eigenvalue weighted by molar-refractivity contribution is 5.61. The molecule has 2 aromatic rings. The molecular formula is C12H10F3N3. The van der Waals surface area contributed by atoms with Gasteiger partial charge in [-0.1, -0.05) is 6.07 Å². The second kappa shape index (κ2) is 4.29. The lowest BCUT2D eigenvalue weighted by molar-refractivity contribution is -0.141. The van der Waals surface area contributed by atoms with Crippen LogP contribution in [0.4, 0.5) is 19.0 Å². The Balaban J connectivity index is 2.37. The first-order valence-corrected chi connectivity index (χ1v) is 5.14. The van der Waals surface area contributed by atoms with Crippen LogP contribution in [0.1, 0.15) is 11.3 Å². The van der Waals surface area contributed by atoms with Crippen LogP contribution in [0.15, 0.2) is 30.5 Å². The number of halogens is 3. The number of nitrogens with two attached hydrogens (primary N) is 1. The highest BCUT2D eigenvalue weighted by atomic mass is 19.4. The second-order valence-corrected chi connectivity index (χ2v) is 3.83. The SMILES string of the molecule is Cc1ccc(-c2ccc(C(F)(F)F)nc2)nc1N. The van der Waals surface area contributed by atoms with E-state index in [1.807, 2.05) is 0 Å². The minimum absolute atomic E-state index is 0.354. The van der Waals surface area contributed by atoms with E-state index in [1.165, 1.54) is 6.07 Å². The van der Waals surface area contributed by atoms with Gasteiger partial charge < -0.3 is 5.73 Å². The number of alkyl halides is 3. The summed E-state index contributed by atoms with van der Waals surface area (Å²) in [5.41, 5.74) is 6.53. The number of aryl methyl sites for hydroxylation is 1. The molecule has 0 saturated carbocycles. The summed E-state index contributed by atoms with van der Waals surface area (Å²) in [6.45, 7) is 1.80. The molecule has 2 heterocycles. The molecule has 0 fully saturated rings. The smallest absolute Gasteiger partial charge is 0.383 e. The number of aromatic nitrogens is 2. The van der Waals surface area contributed by atoms with Crippen molar-refractivity contribution in [1.82, 2.24) is 9.97 Å². The van der Waals surface area contributed by atoms with E-state index in [4.69, 9.17) is 5.73 Å². The van der Waals surface area contributed by atoms with Crippen LogP contribution < -0.4 is 5.73 Å². The van der Waals surface area contributed by atoms with Crippen molar-refractivity contribution in [3.8, 4) is 11.3 Å². The molecular weight excluding hydrogens is 243 g/mol. The fourth-order valence-electron chi connectivity index (χ4n) is 1.42. The van der Waals surface area contributed by atoms with Crippen molar-refractivity contribution in [1.29, 1.82) is 0 Å². The Morgan fingerprint density at radius 1 is 1.11 bits per heavy atom. The average Bonchev–Trinajstić information content (AvgIpc) is 2.32. The quantitative estimate of drug-likeness (QED) is 0.849. The largest absolute Gasteiger partial charge is 0.433 e. The van der Waals surface area contributed by atoms with Gasteiger partial charge in [-0.05, 0) is 30.7 Å². The zero-order valence-corrected chi connectivity index (χ0v) is 9.49. The van der Waals surface area contributed by atoms with Gasteiger partial charge in [-0.25, -0.2) is 4.98 Å². The molecule has 2 N–H and O–H groups in total. The summed E-state index contributed by atoms with van der Waals surface area (Å²) in [5, 5.41) is 0. The van der Waals surface area contributed by atoms with E-state index >= 15 is 0 Å². The molecule has 3 nitrogen and oxygen atoms in total. The molecule has 0 bridgehead atoms. The zero-order chi connectivity index (χ0) is 13.3. The minimum Gasteiger partial charge on any atom is -0.383 e. The van der Waals surface area contributed by atoms with Crippen LogP contribution in [0, 0.1) is 6.92 Å². The van der Waals surface area contributed by atoms with Crippen LogP contribution >= 0.6 is 0 Å². The van der Waals surface area contributed by atoms with Crippen molar-refractivity contribution < 1.29 is 13.2 Å². The van der Waals surface area contributed by atoms with E-state index in [9.17, 15) is 13.2 Å². The third-order valence-corrected chi connectivity index (χ3v) is 2.49. The summed E-state index contributed by atoms with van der Waals surface area (Å²) in [5.74, 6) is 0.354. The molecule has 0 amide bonds. The van der Waals surface area contributed by atoms with E-state index < -0.39 is 11.9 Å². The Kier molecular flexibility index (Phi) is 2.94. The molecule has 0 atom stereocenters. The summed E-state index contributed by atoms with van der Waals surface area (Å²) in [4.78, 5) is 7.46. The van der Waals surface area contributed by atoms with Crippen molar-refractivity contribution in [2.45, 2.75) is 13.1 Å². The van der Waals surface area contributed by atoms with Gasteiger partial charge in [-0.15, -0.1) is 0 Å². The van der Waals surface area contributed by atoms with E-state index in [2.05, 4.69) is 9.97 Å². The monoisotopic (exact) mass is 253 g/mol. The predicted octanol–water partition coefficient (Wildman–Crippen LogP) is 3.05. The highest BCUT2D eigenvalue weighted by Crippen LogP contribution is 2.28. The number of hydrogen-bond acceptors (Lipinski definition) is 3. The summed E-state index contributed by atoms with van der Waals surface area (Å²) in [6, 6.07) is 5.70. The van der Waals surface area contributed by atoms with Gasteiger partial charge in [-0.3, -0.25) is 4.98 Å². The molecule has 18 heavy (non-hydrogen) atoms. The van der Waals surface area contributed by atoms with Gasteiger partial charge in [0.15, 0.2) is 0 Å². The number of rotatable bonds is 1. The fraction of sp³-hybridized carbons (Fsp3) is 0.167. The van der Waals surface area contributed by atoms with Gasteiger partial charge >= 0.3 is 6.18 Å². The summed E-state index contributed by atoms with van der Waals surface area (Å²) < 4.78 is 37.0. The van der Waals surface area contributed by atoms with Gasteiger partial charge in [0.2, 0.25) is 0 Å². The molecule has 2 rings (SSSR count). The van der Waals surface area contributed by atoms with Gasteiger partial charge in [0.05, 0.1) is 5.69 Å². The van der Waals surface area contributed by atoms with Gasteiger partial charge in [-0.2, -0.15) is 13.2 Å². The normalized spacial score (nSPS) is 11.6. The van der Waals surface area contributed by atoms with Crippen LogP contribution in [0.5, 0.6) is 0 Å². The lowest BCUT2D eigenvalue weighted by Crippen LogP contribution is -2.07. The molecule has 0 radical (unpaired) electrons. The van der Waals surface area contributed by atoms with Crippen LogP contribution in [-0.4, -0.2) is 9.97 Å². The first kappa shape index (κ1) is 12.3. The van der Waals surface area contributed by atoms with Crippen LogP contribution in [-0.2, 0) is 6.18 Å². The zero-order valence-electron chi connectivity index (χ0n) is 9.49. The number of nitrogen functional groups attached to an aromatic ring is 1. The number of hydrogen-bond donors (Lipinski definition) is 1. The Hall–Kier alpha value is -2.11. The first-order chi connectivity index (χ1) is 8.38. The maximum absolute atomic E-state index is 12.3. The standard InChI is InChI=1S/C12H10F3N3/c1-7-2-4-9(18-11(7)16)8-3-5-10(17-6-8)12(13,14)15/h2-6H,1H3,(H2,16,18). The van der Waals surface area contributed by atoms with Crippen LogP contribution in [0.25, 0.3) is 11.3 Å². The van der Waals surface area contributed by atoms with Crippen molar-refractivity contribution in [2.75, 3.05) is 5.73 Å². The van der Waals surface area contributed by atoms with Crippen molar-refractivity contribution >= 4 is 5.82 Å². The maximum atomic E-state index is 12.3. The van der Waals surface area contributed by atoms with Crippen LogP contribution in [0.2, 0.25) is 0 Å². The molecule has 0 aliphatic heterocycles. The first-order valence-electron chi connectivity index (χ1n) is 5.14. The van der Waals surface area contributed by atoms with E-state index in [0.29, 0.717) is 17.1 Å². The Morgan fingerprint density at radius 2 is 1.83 bits per heavy atom. The number of nitrogens with zero attached hydrogens (tertiary/aromatic N) is 2. The maximum Gasteiger partial charge on any atom is 0.433 e. The molecule has 0 aromatic carbocycles. The minimum atomic E-state index is -4.43. The molecule has 0 aliphatic rings. The third-order valence-electron chi connectivity index (χ3n) is 2.49. The predicted molar refractivity (Wildman–Crippen MR) is 61.6 cm³/mol. The van der Waals surface area contributed by atoms with Gasteiger partial charge in [0, 0.05) is 11.8 Å². The summed E-state index contributed by atoms with van der Waals surface area (Å²) in [6.07, 6.45) is -3.29. The Bertz CT molecular complexity index is 562. The van der Waals surface area contributed by atoms with Crippen molar-refractivity contribution in [3.63, 3.8) is 0 Å². The Labute approximate surface area is 101 Å². The van der Waals surface area contributed by atoms with E-state index in [0.717, 1.165) is 17.8 Å². The third kappa shape index (κ3) is 2.42. The van der Waals surface area contributed by atoms with E-state index in [-0.39, 0.29) is 0 Å². The molecule has 0 aliphatic carbocycles. The molecule has 94 valence electrons. The topological polar surface area (TPSA) is 51.8 Å². The average molecular weight is 253 g/mol. The van der Waals surface area contributed by atoms with Crippen LogP contribution in [0.3, 0.4) is 0 Å². The molecule has 0 spiro atoms. The van der Waals surface area contributed by atoms with Gasteiger partial charge in [0.25, 0.3) is 0 Å². The molecule has 6 heteroatoms. The van der Waals surface area contributed by atoms with Gasteiger partial charge in [0.1, 0.15) is 11.5 Å². The second-order valence-electron chi connectivity index (χ2n) is 3.83. The molecule has 0 unspecified atom stereocenters. The van der Waals surface area contributed by atoms with E-state index in [1.54, 1.807) is 19.1 Å². The number of anilines is 1.